The molecule has 1 rings (SSSR count). The Labute approximate surface area is 86.1 Å². The van der Waals surface area contributed by atoms with Crippen LogP contribution in [-0.4, -0.2) is 17.5 Å². The molecule has 1 unspecified atom stereocenters. The molecule has 1 atom stereocenters. The summed E-state index contributed by atoms with van der Waals surface area (Å²) < 4.78 is 0. The highest BCUT2D eigenvalue weighted by molar-refractivity contribution is 6.36. The molecule has 0 heterocycles. The highest BCUT2D eigenvalue weighted by Gasteiger charge is 2.18. The molecule has 0 aliphatic rings. The van der Waals surface area contributed by atoms with Crippen LogP contribution in [0.25, 0.3) is 0 Å². The van der Waals surface area contributed by atoms with E-state index in [0.717, 1.165) is 0 Å². The van der Waals surface area contributed by atoms with Crippen molar-refractivity contribution >= 4 is 29.0 Å². The molecule has 0 spiro atoms. The fourth-order valence-corrected chi connectivity index (χ4v) is 1.49. The monoisotopic (exact) mass is 218 g/mol. The van der Waals surface area contributed by atoms with E-state index in [-0.39, 0.29) is 0 Å². The summed E-state index contributed by atoms with van der Waals surface area (Å²) in [6, 6.07) is 6.80. The lowest BCUT2D eigenvalue weighted by Gasteiger charge is -2.08. The molecule has 0 bridgehead atoms. The van der Waals surface area contributed by atoms with Gasteiger partial charge in [0, 0.05) is 5.02 Å². The predicted molar refractivity (Wildman–Crippen MR) is 52.1 cm³/mol. The van der Waals surface area contributed by atoms with Gasteiger partial charge in [0.15, 0.2) is 5.78 Å². The van der Waals surface area contributed by atoms with Crippen molar-refractivity contribution in [1.29, 1.82) is 0 Å². The maximum absolute atomic E-state index is 11.0. The molecular formula is C9H8Cl2O2. The number of halogens is 2. The van der Waals surface area contributed by atoms with Gasteiger partial charge >= 0.3 is 0 Å². The van der Waals surface area contributed by atoms with E-state index in [1.54, 1.807) is 24.3 Å². The topological polar surface area (TPSA) is 37.3 Å². The normalized spacial score (nSPS) is 12.5. The van der Waals surface area contributed by atoms with E-state index in [1.807, 2.05) is 0 Å². The summed E-state index contributed by atoms with van der Waals surface area (Å²) in [6.45, 7) is -0.570. The van der Waals surface area contributed by atoms with Crippen molar-refractivity contribution in [3.05, 3.63) is 34.9 Å². The molecule has 0 radical (unpaired) electrons. The highest BCUT2D eigenvalue weighted by atomic mass is 35.5. The van der Waals surface area contributed by atoms with E-state index in [4.69, 9.17) is 28.3 Å². The fourth-order valence-electron chi connectivity index (χ4n) is 0.934. The summed E-state index contributed by atoms with van der Waals surface area (Å²) >= 11 is 11.6. The molecule has 0 aliphatic heterocycles. The Morgan fingerprint density at radius 2 is 2.08 bits per heavy atom. The zero-order valence-corrected chi connectivity index (χ0v) is 8.22. The quantitative estimate of drug-likeness (QED) is 0.791. The molecule has 0 aromatic heterocycles. The second-order valence-corrected chi connectivity index (χ2v) is 3.35. The van der Waals surface area contributed by atoms with Crippen molar-refractivity contribution in [2.24, 2.45) is 0 Å². The van der Waals surface area contributed by atoms with Crippen molar-refractivity contribution in [3.8, 4) is 0 Å². The van der Waals surface area contributed by atoms with Crippen molar-refractivity contribution in [1.82, 2.24) is 0 Å². The first-order valence-electron chi connectivity index (χ1n) is 3.69. The summed E-state index contributed by atoms with van der Waals surface area (Å²) in [7, 11) is 0. The first-order valence-corrected chi connectivity index (χ1v) is 4.50. The molecule has 0 amide bonds. The number of benzene rings is 1. The van der Waals surface area contributed by atoms with Gasteiger partial charge in [0.05, 0.1) is 0 Å². The van der Waals surface area contributed by atoms with Gasteiger partial charge < -0.3 is 5.11 Å². The Balaban J connectivity index is 2.95. The summed E-state index contributed by atoms with van der Waals surface area (Å²) in [4.78, 5) is 11.0. The van der Waals surface area contributed by atoms with Crippen LogP contribution < -0.4 is 0 Å². The molecule has 1 aromatic carbocycles. The lowest BCUT2D eigenvalue weighted by atomic mass is 10.1. The van der Waals surface area contributed by atoms with Crippen LogP contribution in [0.1, 0.15) is 10.9 Å². The van der Waals surface area contributed by atoms with Gasteiger partial charge in [0.2, 0.25) is 0 Å². The molecule has 1 N–H and O–H groups in total. The van der Waals surface area contributed by atoms with Crippen LogP contribution >= 0.6 is 23.2 Å². The van der Waals surface area contributed by atoms with E-state index in [1.165, 1.54) is 0 Å². The number of carbonyl (C=O) groups is 1. The predicted octanol–water partition coefficient (Wildman–Crippen LogP) is 2.18. The zero-order valence-electron chi connectivity index (χ0n) is 6.71. The van der Waals surface area contributed by atoms with Gasteiger partial charge in [-0.2, -0.15) is 0 Å². The molecule has 0 aliphatic carbocycles. The zero-order chi connectivity index (χ0) is 9.84. The van der Waals surface area contributed by atoms with Gasteiger partial charge in [-0.15, -0.1) is 11.6 Å². The molecule has 70 valence electrons. The average molecular weight is 219 g/mol. The maximum atomic E-state index is 11.0. The molecule has 0 fully saturated rings. The maximum Gasteiger partial charge on any atom is 0.180 e. The van der Waals surface area contributed by atoms with Crippen LogP contribution in [0.4, 0.5) is 0 Å². The Hall–Kier alpha value is -0.570. The number of rotatable bonds is 3. The highest BCUT2D eigenvalue weighted by Crippen LogP contribution is 2.27. The molecule has 0 saturated carbocycles. The Kier molecular flexibility index (Phi) is 3.72. The summed E-state index contributed by atoms with van der Waals surface area (Å²) in [5.41, 5.74) is 0.532. The minimum Gasteiger partial charge on any atom is -0.389 e. The van der Waals surface area contributed by atoms with Crippen molar-refractivity contribution in [2.45, 2.75) is 5.38 Å². The smallest absolute Gasteiger partial charge is 0.180 e. The van der Waals surface area contributed by atoms with Crippen LogP contribution in [0.15, 0.2) is 24.3 Å². The van der Waals surface area contributed by atoms with E-state index < -0.39 is 17.8 Å². The van der Waals surface area contributed by atoms with Crippen LogP contribution in [-0.2, 0) is 4.79 Å². The van der Waals surface area contributed by atoms with Crippen LogP contribution in [0.3, 0.4) is 0 Å². The summed E-state index contributed by atoms with van der Waals surface area (Å²) in [6.07, 6.45) is 0. The second-order valence-electron chi connectivity index (χ2n) is 2.51. The third-order valence-electron chi connectivity index (χ3n) is 1.62. The number of carbonyl (C=O) groups excluding carboxylic acids is 1. The number of hydrogen-bond donors (Lipinski definition) is 1. The molecule has 1 aromatic rings. The van der Waals surface area contributed by atoms with E-state index >= 15 is 0 Å². The summed E-state index contributed by atoms with van der Waals surface area (Å²) in [5, 5.41) is 8.15. The molecule has 4 heteroatoms. The number of ketones is 1. The lowest BCUT2D eigenvalue weighted by Crippen LogP contribution is -2.11. The standard InChI is InChI=1S/C9H8Cl2O2/c10-7-4-2-1-3-6(7)9(11)8(13)5-12/h1-4,9,12H,5H2. The van der Waals surface area contributed by atoms with Gasteiger partial charge in [-0.3, -0.25) is 4.79 Å². The van der Waals surface area contributed by atoms with Crippen molar-refractivity contribution in [2.75, 3.05) is 6.61 Å². The molecule has 2 nitrogen and oxygen atoms in total. The fraction of sp³-hybridized carbons (Fsp3) is 0.222. The largest absolute Gasteiger partial charge is 0.389 e. The molecular weight excluding hydrogens is 211 g/mol. The summed E-state index contributed by atoms with van der Waals surface area (Å²) in [5.74, 6) is -0.449. The SMILES string of the molecule is O=C(CO)C(Cl)c1ccccc1Cl. The number of alkyl halides is 1. The number of hydrogen-bond acceptors (Lipinski definition) is 2. The van der Waals surface area contributed by atoms with Crippen molar-refractivity contribution < 1.29 is 9.90 Å². The molecule has 0 saturated heterocycles. The van der Waals surface area contributed by atoms with Gasteiger partial charge in [0.1, 0.15) is 12.0 Å². The first-order chi connectivity index (χ1) is 6.16. The van der Waals surface area contributed by atoms with Crippen LogP contribution in [0.5, 0.6) is 0 Å². The van der Waals surface area contributed by atoms with Crippen molar-refractivity contribution in [3.63, 3.8) is 0 Å². The Morgan fingerprint density at radius 3 is 2.62 bits per heavy atom. The van der Waals surface area contributed by atoms with E-state index in [9.17, 15) is 4.79 Å². The van der Waals surface area contributed by atoms with Gasteiger partial charge in [-0.25, -0.2) is 0 Å². The van der Waals surface area contributed by atoms with Gasteiger partial charge in [-0.05, 0) is 11.6 Å². The minimum atomic E-state index is -0.862. The molecule has 13 heavy (non-hydrogen) atoms. The average Bonchev–Trinajstić information content (AvgIpc) is 2.16. The van der Waals surface area contributed by atoms with Crippen LogP contribution in [0.2, 0.25) is 5.02 Å². The van der Waals surface area contributed by atoms with Gasteiger partial charge in [-0.1, -0.05) is 29.8 Å². The van der Waals surface area contributed by atoms with Gasteiger partial charge in [0.25, 0.3) is 0 Å². The third kappa shape index (κ3) is 2.44. The third-order valence-corrected chi connectivity index (χ3v) is 2.44. The number of Topliss-reactive ketones (excluding diaryl/α,β-unsaturated/α-hetero) is 1. The van der Waals surface area contributed by atoms with E-state index in [2.05, 4.69) is 0 Å². The minimum absolute atomic E-state index is 0.435. The Morgan fingerprint density at radius 1 is 1.46 bits per heavy atom. The second kappa shape index (κ2) is 4.61. The lowest BCUT2D eigenvalue weighted by molar-refractivity contribution is -0.121. The van der Waals surface area contributed by atoms with Crippen LogP contribution in [0, 0.1) is 0 Å². The van der Waals surface area contributed by atoms with E-state index in [0.29, 0.717) is 10.6 Å². The Bertz CT molecular complexity index is 312. The number of aliphatic hydroxyl groups is 1. The number of aliphatic hydroxyl groups excluding tert-OH is 1. The first kappa shape index (κ1) is 10.5.